The maximum atomic E-state index is 5.53. The summed E-state index contributed by atoms with van der Waals surface area (Å²) in [6.07, 6.45) is 6.12. The number of nitrogens with zero attached hydrogens (tertiary/aromatic N) is 2. The van der Waals surface area contributed by atoms with Crippen LogP contribution in [0.3, 0.4) is 0 Å². The standard InChI is InChI=1S/C19H24N4O2S/c1-5-10-25-18-11-15(6-7-17(18)24-4)12-22-19(20-3)21-9-8-16-13-26-14(2)23-16/h1,6-7,11,13H,8-10,12H2,2-4H3,(H2,20,21,22). The number of terminal acetylenes is 1. The summed E-state index contributed by atoms with van der Waals surface area (Å²) in [5, 5.41) is 9.75. The third kappa shape index (κ3) is 5.97. The first kappa shape index (κ1) is 19.6. The van der Waals surface area contributed by atoms with Crippen molar-refractivity contribution < 1.29 is 9.47 Å². The minimum absolute atomic E-state index is 0.201. The van der Waals surface area contributed by atoms with Crippen molar-refractivity contribution in [2.75, 3.05) is 27.3 Å². The highest BCUT2D eigenvalue weighted by molar-refractivity contribution is 7.09. The predicted molar refractivity (Wildman–Crippen MR) is 106 cm³/mol. The van der Waals surface area contributed by atoms with Crippen molar-refractivity contribution in [1.82, 2.24) is 15.6 Å². The van der Waals surface area contributed by atoms with Crippen LogP contribution < -0.4 is 20.1 Å². The number of hydrogen-bond acceptors (Lipinski definition) is 5. The van der Waals surface area contributed by atoms with Crippen LogP contribution >= 0.6 is 11.3 Å². The summed E-state index contributed by atoms with van der Waals surface area (Å²) in [4.78, 5) is 8.70. The summed E-state index contributed by atoms with van der Waals surface area (Å²) in [5.41, 5.74) is 2.14. The van der Waals surface area contributed by atoms with Gasteiger partial charge in [-0.25, -0.2) is 4.98 Å². The topological polar surface area (TPSA) is 67.8 Å². The number of nitrogens with one attached hydrogen (secondary N) is 2. The van der Waals surface area contributed by atoms with E-state index in [0.29, 0.717) is 18.0 Å². The van der Waals surface area contributed by atoms with Gasteiger partial charge >= 0.3 is 0 Å². The first-order valence-corrected chi connectivity index (χ1v) is 9.13. The molecule has 0 bridgehead atoms. The van der Waals surface area contributed by atoms with Crippen LogP contribution in [0.2, 0.25) is 0 Å². The number of guanidine groups is 1. The van der Waals surface area contributed by atoms with Crippen LogP contribution in [-0.2, 0) is 13.0 Å². The second-order valence-electron chi connectivity index (χ2n) is 5.44. The molecule has 1 aromatic heterocycles. The quantitative estimate of drug-likeness (QED) is 0.423. The Morgan fingerprint density at radius 3 is 2.85 bits per heavy atom. The second-order valence-corrected chi connectivity index (χ2v) is 6.50. The van der Waals surface area contributed by atoms with Gasteiger partial charge in [-0.1, -0.05) is 12.0 Å². The van der Waals surface area contributed by atoms with Gasteiger partial charge in [0.1, 0.15) is 6.61 Å². The fourth-order valence-electron chi connectivity index (χ4n) is 2.30. The molecule has 0 fully saturated rings. The van der Waals surface area contributed by atoms with Crippen molar-refractivity contribution >= 4 is 17.3 Å². The zero-order valence-electron chi connectivity index (χ0n) is 15.3. The molecular formula is C19H24N4O2S. The van der Waals surface area contributed by atoms with Crippen molar-refractivity contribution in [3.05, 3.63) is 39.8 Å². The van der Waals surface area contributed by atoms with Crippen LogP contribution in [0, 0.1) is 19.3 Å². The maximum absolute atomic E-state index is 5.53. The number of thiazole rings is 1. The van der Waals surface area contributed by atoms with E-state index >= 15 is 0 Å². The van der Waals surface area contributed by atoms with Gasteiger partial charge in [-0.2, -0.15) is 0 Å². The molecule has 6 nitrogen and oxygen atoms in total. The monoisotopic (exact) mass is 372 g/mol. The van der Waals surface area contributed by atoms with Gasteiger partial charge in [-0.15, -0.1) is 17.8 Å². The van der Waals surface area contributed by atoms with Crippen molar-refractivity contribution in [2.24, 2.45) is 4.99 Å². The molecule has 0 aliphatic rings. The Morgan fingerprint density at radius 2 is 2.19 bits per heavy atom. The lowest BCUT2D eigenvalue weighted by molar-refractivity contribution is 0.330. The fourth-order valence-corrected chi connectivity index (χ4v) is 2.95. The third-order valence-corrected chi connectivity index (χ3v) is 4.39. The average Bonchev–Trinajstić information content (AvgIpc) is 3.07. The van der Waals surface area contributed by atoms with Crippen molar-refractivity contribution in [3.8, 4) is 23.8 Å². The number of aliphatic imine (C=N–C) groups is 1. The first-order chi connectivity index (χ1) is 12.7. The number of aryl methyl sites for hydroxylation is 1. The van der Waals surface area contributed by atoms with Crippen molar-refractivity contribution in [2.45, 2.75) is 19.9 Å². The molecule has 0 aliphatic carbocycles. The highest BCUT2D eigenvalue weighted by Crippen LogP contribution is 2.27. The van der Waals surface area contributed by atoms with E-state index in [1.165, 1.54) is 0 Å². The fraction of sp³-hybridized carbons (Fsp3) is 0.368. The van der Waals surface area contributed by atoms with E-state index in [-0.39, 0.29) is 6.61 Å². The molecule has 0 spiro atoms. The Bertz CT molecular complexity index is 780. The Morgan fingerprint density at radius 1 is 1.35 bits per heavy atom. The Labute approximate surface area is 158 Å². The van der Waals surface area contributed by atoms with Gasteiger partial charge in [0.15, 0.2) is 17.5 Å². The van der Waals surface area contributed by atoms with Gasteiger partial charge in [-0.05, 0) is 24.6 Å². The van der Waals surface area contributed by atoms with Gasteiger partial charge in [0.2, 0.25) is 0 Å². The largest absolute Gasteiger partial charge is 0.493 e. The van der Waals surface area contributed by atoms with Gasteiger partial charge in [0.05, 0.1) is 17.8 Å². The number of benzene rings is 1. The predicted octanol–water partition coefficient (Wildman–Crippen LogP) is 2.38. The summed E-state index contributed by atoms with van der Waals surface area (Å²) < 4.78 is 10.8. The number of hydrogen-bond donors (Lipinski definition) is 2. The molecule has 2 N–H and O–H groups in total. The number of rotatable bonds is 8. The summed E-state index contributed by atoms with van der Waals surface area (Å²) in [5.74, 6) is 4.48. The van der Waals surface area contributed by atoms with E-state index in [9.17, 15) is 0 Å². The Kier molecular flexibility index (Phi) is 7.77. The van der Waals surface area contributed by atoms with E-state index in [0.717, 1.165) is 35.2 Å². The molecule has 2 aromatic rings. The normalized spacial score (nSPS) is 10.9. The number of ether oxygens (including phenoxy) is 2. The minimum Gasteiger partial charge on any atom is -0.493 e. The van der Waals surface area contributed by atoms with Crippen molar-refractivity contribution in [1.29, 1.82) is 0 Å². The van der Waals surface area contributed by atoms with Gasteiger partial charge in [0, 0.05) is 31.9 Å². The van der Waals surface area contributed by atoms with Gasteiger partial charge in [-0.3, -0.25) is 4.99 Å². The molecule has 0 aliphatic heterocycles. The molecule has 0 atom stereocenters. The highest BCUT2D eigenvalue weighted by atomic mass is 32.1. The molecule has 1 aromatic carbocycles. The van der Waals surface area contributed by atoms with Crippen LogP contribution in [0.4, 0.5) is 0 Å². The van der Waals surface area contributed by atoms with E-state index in [1.54, 1.807) is 25.5 Å². The van der Waals surface area contributed by atoms with E-state index in [4.69, 9.17) is 15.9 Å². The van der Waals surface area contributed by atoms with E-state index < -0.39 is 0 Å². The summed E-state index contributed by atoms with van der Waals surface area (Å²) >= 11 is 1.67. The van der Waals surface area contributed by atoms with Crippen LogP contribution in [-0.4, -0.2) is 38.3 Å². The maximum Gasteiger partial charge on any atom is 0.191 e. The molecule has 1 heterocycles. The summed E-state index contributed by atoms with van der Waals surface area (Å²) in [6.45, 7) is 3.58. The van der Waals surface area contributed by atoms with E-state index in [1.807, 2.05) is 25.1 Å². The van der Waals surface area contributed by atoms with Crippen LogP contribution in [0.5, 0.6) is 11.5 Å². The number of methoxy groups -OCH3 is 1. The van der Waals surface area contributed by atoms with Gasteiger partial charge < -0.3 is 20.1 Å². The zero-order valence-corrected chi connectivity index (χ0v) is 16.2. The molecule has 0 radical (unpaired) electrons. The zero-order chi connectivity index (χ0) is 18.8. The molecule has 7 heteroatoms. The summed E-state index contributed by atoms with van der Waals surface area (Å²) in [7, 11) is 3.35. The molecule has 2 rings (SSSR count). The highest BCUT2D eigenvalue weighted by Gasteiger charge is 2.06. The van der Waals surface area contributed by atoms with Crippen LogP contribution in [0.15, 0.2) is 28.6 Å². The average molecular weight is 372 g/mol. The lowest BCUT2D eigenvalue weighted by atomic mass is 10.2. The van der Waals surface area contributed by atoms with Crippen LogP contribution in [0.1, 0.15) is 16.3 Å². The number of aromatic nitrogens is 1. The molecule has 0 saturated heterocycles. The lowest BCUT2D eigenvalue weighted by Gasteiger charge is -2.13. The molecule has 26 heavy (non-hydrogen) atoms. The summed E-state index contributed by atoms with van der Waals surface area (Å²) in [6, 6.07) is 5.75. The molecule has 138 valence electrons. The van der Waals surface area contributed by atoms with Crippen LogP contribution in [0.25, 0.3) is 0 Å². The SMILES string of the molecule is C#CCOc1cc(CNC(=NC)NCCc2csc(C)n2)ccc1OC. The lowest BCUT2D eigenvalue weighted by Crippen LogP contribution is -2.37. The molecule has 0 saturated carbocycles. The minimum atomic E-state index is 0.201. The molecular weight excluding hydrogens is 348 g/mol. The molecule has 0 unspecified atom stereocenters. The van der Waals surface area contributed by atoms with Gasteiger partial charge in [0.25, 0.3) is 0 Å². The second kappa shape index (κ2) is 10.3. The molecule has 0 amide bonds. The first-order valence-electron chi connectivity index (χ1n) is 8.25. The van der Waals surface area contributed by atoms with E-state index in [2.05, 4.69) is 31.9 Å². The Balaban J connectivity index is 1.86. The van der Waals surface area contributed by atoms with Crippen molar-refractivity contribution in [3.63, 3.8) is 0 Å². The third-order valence-electron chi connectivity index (χ3n) is 3.56. The smallest absolute Gasteiger partial charge is 0.191 e. The Hall–Kier alpha value is -2.72.